The zero-order chi connectivity index (χ0) is 13.5. The Balaban J connectivity index is 4.36. The van der Waals surface area contributed by atoms with E-state index in [1.54, 1.807) is 0 Å². The predicted octanol–water partition coefficient (Wildman–Crippen LogP) is 0.926. The number of nitrogens with two attached hydrogens (primary N) is 1. The number of rotatable bonds is 9. The molecule has 3 N–H and O–H groups in total. The standard InChI is InChI=1S/C11H27N3O2S/c1-5-10(6-2)11(12)9-13-17(15,16)14(7-3)8-4/h10-11,13H,5-9,12H2,1-4H3. The van der Waals surface area contributed by atoms with Gasteiger partial charge in [0.2, 0.25) is 0 Å². The molecule has 0 fully saturated rings. The molecule has 0 saturated heterocycles. The van der Waals surface area contributed by atoms with E-state index >= 15 is 0 Å². The normalized spacial score (nSPS) is 14.5. The fourth-order valence-electron chi connectivity index (χ4n) is 1.92. The second kappa shape index (κ2) is 8.02. The first-order valence-electron chi connectivity index (χ1n) is 6.43. The van der Waals surface area contributed by atoms with Crippen molar-refractivity contribution in [2.24, 2.45) is 11.7 Å². The van der Waals surface area contributed by atoms with Gasteiger partial charge in [0.1, 0.15) is 0 Å². The van der Waals surface area contributed by atoms with E-state index in [1.165, 1.54) is 4.31 Å². The highest BCUT2D eigenvalue weighted by molar-refractivity contribution is 7.87. The summed E-state index contributed by atoms with van der Waals surface area (Å²) in [4.78, 5) is 0. The van der Waals surface area contributed by atoms with Crippen LogP contribution in [0.15, 0.2) is 0 Å². The van der Waals surface area contributed by atoms with E-state index in [1.807, 2.05) is 13.8 Å². The van der Waals surface area contributed by atoms with Crippen LogP contribution in [0.25, 0.3) is 0 Å². The Morgan fingerprint density at radius 3 is 1.94 bits per heavy atom. The summed E-state index contributed by atoms with van der Waals surface area (Å²) in [6.07, 6.45) is 1.95. The van der Waals surface area contributed by atoms with Gasteiger partial charge in [0.05, 0.1) is 0 Å². The first-order valence-corrected chi connectivity index (χ1v) is 7.87. The molecule has 0 aromatic carbocycles. The summed E-state index contributed by atoms with van der Waals surface area (Å²) < 4.78 is 27.7. The molecule has 0 amide bonds. The van der Waals surface area contributed by atoms with Crippen LogP contribution < -0.4 is 10.5 Å². The molecule has 0 radical (unpaired) electrons. The van der Waals surface area contributed by atoms with Crippen molar-refractivity contribution in [1.29, 1.82) is 0 Å². The van der Waals surface area contributed by atoms with Gasteiger partial charge in [-0.1, -0.05) is 40.5 Å². The summed E-state index contributed by atoms with van der Waals surface area (Å²) in [5, 5.41) is 0. The molecule has 6 heteroatoms. The van der Waals surface area contributed by atoms with Gasteiger partial charge < -0.3 is 5.73 Å². The lowest BCUT2D eigenvalue weighted by molar-refractivity contribution is 0.383. The van der Waals surface area contributed by atoms with Crippen LogP contribution in [0.4, 0.5) is 0 Å². The third-order valence-electron chi connectivity index (χ3n) is 3.20. The molecule has 1 unspecified atom stereocenters. The summed E-state index contributed by atoms with van der Waals surface area (Å²) in [5.41, 5.74) is 5.98. The lowest BCUT2D eigenvalue weighted by atomic mass is 9.95. The van der Waals surface area contributed by atoms with Crippen LogP contribution in [0.3, 0.4) is 0 Å². The van der Waals surface area contributed by atoms with Gasteiger partial charge in [-0.15, -0.1) is 0 Å². The molecule has 0 aliphatic carbocycles. The van der Waals surface area contributed by atoms with E-state index in [9.17, 15) is 8.42 Å². The van der Waals surface area contributed by atoms with E-state index in [0.717, 1.165) is 12.8 Å². The number of hydrogen-bond acceptors (Lipinski definition) is 3. The van der Waals surface area contributed by atoms with Gasteiger partial charge in [-0.25, -0.2) is 4.72 Å². The third-order valence-corrected chi connectivity index (χ3v) is 4.93. The van der Waals surface area contributed by atoms with E-state index in [-0.39, 0.29) is 6.04 Å². The van der Waals surface area contributed by atoms with Gasteiger partial charge in [-0.3, -0.25) is 0 Å². The van der Waals surface area contributed by atoms with Gasteiger partial charge >= 0.3 is 0 Å². The van der Waals surface area contributed by atoms with Crippen LogP contribution in [-0.4, -0.2) is 38.4 Å². The Hall–Kier alpha value is -0.170. The lowest BCUT2D eigenvalue weighted by Crippen LogP contribution is -2.47. The largest absolute Gasteiger partial charge is 0.326 e. The van der Waals surface area contributed by atoms with Crippen molar-refractivity contribution < 1.29 is 8.42 Å². The molecule has 104 valence electrons. The van der Waals surface area contributed by atoms with Gasteiger partial charge in [-0.2, -0.15) is 12.7 Å². The number of nitrogens with zero attached hydrogens (tertiary/aromatic N) is 1. The second-order valence-corrected chi connectivity index (χ2v) is 5.93. The molecule has 0 rings (SSSR count). The lowest BCUT2D eigenvalue weighted by Gasteiger charge is -2.24. The highest BCUT2D eigenvalue weighted by atomic mass is 32.2. The molecule has 0 bridgehead atoms. The summed E-state index contributed by atoms with van der Waals surface area (Å²) >= 11 is 0. The summed E-state index contributed by atoms with van der Waals surface area (Å²) in [6, 6.07) is -0.115. The molecule has 0 aliphatic rings. The minimum atomic E-state index is -3.36. The highest BCUT2D eigenvalue weighted by Crippen LogP contribution is 2.11. The molecule has 0 heterocycles. The summed E-state index contributed by atoms with van der Waals surface area (Å²) in [6.45, 7) is 9.07. The first kappa shape index (κ1) is 16.8. The molecule has 0 saturated carbocycles. The molecule has 17 heavy (non-hydrogen) atoms. The van der Waals surface area contributed by atoms with Crippen LogP contribution in [0.2, 0.25) is 0 Å². The van der Waals surface area contributed by atoms with E-state index in [0.29, 0.717) is 25.6 Å². The molecule has 0 aromatic rings. The van der Waals surface area contributed by atoms with Crippen molar-refractivity contribution in [3.63, 3.8) is 0 Å². The zero-order valence-electron chi connectivity index (χ0n) is 11.4. The van der Waals surface area contributed by atoms with Crippen LogP contribution in [0, 0.1) is 5.92 Å². The Morgan fingerprint density at radius 2 is 1.59 bits per heavy atom. The first-order chi connectivity index (χ1) is 7.92. The van der Waals surface area contributed by atoms with E-state index in [4.69, 9.17) is 5.73 Å². The van der Waals surface area contributed by atoms with Gasteiger partial charge in [0.25, 0.3) is 10.2 Å². The van der Waals surface area contributed by atoms with Crippen LogP contribution in [-0.2, 0) is 10.2 Å². The molecule has 5 nitrogen and oxygen atoms in total. The number of hydrogen-bond donors (Lipinski definition) is 2. The van der Waals surface area contributed by atoms with Crippen molar-refractivity contribution in [2.45, 2.75) is 46.6 Å². The van der Waals surface area contributed by atoms with Gasteiger partial charge in [0, 0.05) is 25.7 Å². The van der Waals surface area contributed by atoms with Crippen molar-refractivity contribution in [3.8, 4) is 0 Å². The third kappa shape index (κ3) is 5.33. The topological polar surface area (TPSA) is 75.4 Å². The van der Waals surface area contributed by atoms with Crippen molar-refractivity contribution in [3.05, 3.63) is 0 Å². The maximum absolute atomic E-state index is 11.9. The van der Waals surface area contributed by atoms with Gasteiger partial charge in [0.15, 0.2) is 0 Å². The SMILES string of the molecule is CCC(CC)C(N)CNS(=O)(=O)N(CC)CC. The van der Waals surface area contributed by atoms with Crippen molar-refractivity contribution in [2.75, 3.05) is 19.6 Å². The Bertz CT molecular complexity index is 285. The molecule has 0 spiro atoms. The van der Waals surface area contributed by atoms with Crippen molar-refractivity contribution in [1.82, 2.24) is 9.03 Å². The number of nitrogens with one attached hydrogen (secondary N) is 1. The smallest absolute Gasteiger partial charge is 0.279 e. The summed E-state index contributed by atoms with van der Waals surface area (Å²) in [5.74, 6) is 0.370. The van der Waals surface area contributed by atoms with E-state index in [2.05, 4.69) is 18.6 Å². The molecule has 1 atom stereocenters. The minimum absolute atomic E-state index is 0.115. The summed E-state index contributed by atoms with van der Waals surface area (Å²) in [7, 11) is -3.36. The monoisotopic (exact) mass is 265 g/mol. The minimum Gasteiger partial charge on any atom is -0.326 e. The van der Waals surface area contributed by atoms with Gasteiger partial charge in [-0.05, 0) is 5.92 Å². The quantitative estimate of drug-likeness (QED) is 0.651. The van der Waals surface area contributed by atoms with Crippen molar-refractivity contribution >= 4 is 10.2 Å². The Kier molecular flexibility index (Phi) is 7.94. The zero-order valence-corrected chi connectivity index (χ0v) is 12.3. The van der Waals surface area contributed by atoms with Crippen LogP contribution >= 0.6 is 0 Å². The second-order valence-electron chi connectivity index (χ2n) is 4.18. The van der Waals surface area contributed by atoms with Crippen LogP contribution in [0.5, 0.6) is 0 Å². The highest BCUT2D eigenvalue weighted by Gasteiger charge is 2.21. The Labute approximate surface area is 106 Å². The molecular weight excluding hydrogens is 238 g/mol. The maximum Gasteiger partial charge on any atom is 0.279 e. The average Bonchev–Trinajstić information content (AvgIpc) is 2.29. The fourth-order valence-corrected chi connectivity index (χ4v) is 3.18. The molecule has 0 aromatic heterocycles. The average molecular weight is 265 g/mol. The predicted molar refractivity (Wildman–Crippen MR) is 71.9 cm³/mol. The molecular formula is C11H27N3O2S. The molecule has 0 aliphatic heterocycles. The van der Waals surface area contributed by atoms with Crippen LogP contribution in [0.1, 0.15) is 40.5 Å². The maximum atomic E-state index is 11.9. The van der Waals surface area contributed by atoms with E-state index < -0.39 is 10.2 Å². The Morgan fingerprint density at radius 1 is 1.12 bits per heavy atom. The fraction of sp³-hybridized carbons (Fsp3) is 1.00.